The maximum atomic E-state index is 14.9. The second-order valence-corrected chi connectivity index (χ2v) is 27.7. The molecule has 1 aliphatic carbocycles. The number of benzene rings is 4. The van der Waals surface area contributed by atoms with Crippen LogP contribution in [0.2, 0.25) is 0 Å². The van der Waals surface area contributed by atoms with Crippen LogP contribution in [0, 0.1) is 0 Å². The summed E-state index contributed by atoms with van der Waals surface area (Å²) in [6.07, 6.45) is 1.03. The minimum absolute atomic E-state index is 0.0267. The van der Waals surface area contributed by atoms with Crippen molar-refractivity contribution in [2.75, 3.05) is 63.9 Å². The number of anilines is 1. The van der Waals surface area contributed by atoms with Crippen LogP contribution < -0.4 is 4.90 Å². The van der Waals surface area contributed by atoms with E-state index >= 15 is 0 Å². The van der Waals surface area contributed by atoms with Crippen molar-refractivity contribution in [2.24, 2.45) is 0 Å². The van der Waals surface area contributed by atoms with Crippen LogP contribution in [0.3, 0.4) is 0 Å². The first-order valence-electron chi connectivity index (χ1n) is 25.7. The zero-order valence-electron chi connectivity index (χ0n) is 45.3. The molecular weight excluding hydrogens is 1210 g/mol. The lowest BCUT2D eigenvalue weighted by atomic mass is 9.72. The molecule has 84 heavy (non-hydrogen) atoms. The molecule has 2 amide bonds. The summed E-state index contributed by atoms with van der Waals surface area (Å²) < 4.78 is 196. The zero-order chi connectivity index (χ0) is 61.9. The maximum absolute atomic E-state index is 14.9. The molecule has 4 aromatic carbocycles. The van der Waals surface area contributed by atoms with E-state index in [1.54, 1.807) is 30.2 Å². The largest absolute Gasteiger partial charge is 0.506 e. The molecule has 32 heteroatoms. The van der Waals surface area contributed by atoms with Gasteiger partial charge >= 0.3 is 5.97 Å². The van der Waals surface area contributed by atoms with E-state index in [-0.39, 0.29) is 151 Å². The highest BCUT2D eigenvalue weighted by Crippen LogP contribution is 2.55. The van der Waals surface area contributed by atoms with Crippen LogP contribution in [-0.4, -0.2) is 168 Å². The number of carbonyl (C=O) groups is 4. The molecule has 454 valence electrons. The fourth-order valence-corrected chi connectivity index (χ4v) is 14.4. The Morgan fingerprint density at radius 3 is 1.74 bits per heavy atom. The summed E-state index contributed by atoms with van der Waals surface area (Å²) in [6.45, 7) is 5.22. The number of fused-ring (bicyclic) bond motifs is 6. The molecule has 0 bridgehead atoms. The van der Waals surface area contributed by atoms with Gasteiger partial charge in [0.2, 0.25) is 11.5 Å². The van der Waals surface area contributed by atoms with Crippen molar-refractivity contribution in [1.82, 2.24) is 5.06 Å². The van der Waals surface area contributed by atoms with E-state index in [9.17, 15) is 89.1 Å². The Hall–Kier alpha value is -6.40. The number of methoxy groups -OCH3 is 1. The third-order valence-corrected chi connectivity index (χ3v) is 19.4. The number of aliphatic hydroxyl groups is 1. The van der Waals surface area contributed by atoms with Crippen LogP contribution in [-0.2, 0) is 99.6 Å². The minimum Gasteiger partial charge on any atom is -0.506 e. The SMILES string of the molecule is CC[N+]1=C(/C=C2\C(=O)C(/C=C3/N(CCCC(=O)ON4C(=O)CCC4=O)c4ccc5c(S(=O)(=O)O)cc(S(=O)(=O)O)cc5c4C3(C)CCOCCOCCOC)=C2O)C(C)(CCCS(=O)(=O)O)c2c1ccc1c(S(=O)(=O)O)cc(S(=O)(=O)O)cc21. The molecule has 27 nitrogen and oxygen atoms in total. The van der Waals surface area contributed by atoms with Gasteiger partial charge in [0.25, 0.3) is 62.4 Å². The highest BCUT2D eigenvalue weighted by molar-refractivity contribution is 7.87. The quantitative estimate of drug-likeness (QED) is 0.0175. The zero-order valence-corrected chi connectivity index (χ0v) is 49.4. The summed E-state index contributed by atoms with van der Waals surface area (Å²) in [7, 11) is -24.0. The number of allylic oxidation sites excluding steroid dienone is 5. The number of Topliss-reactive ketones (excluding diaryl/α,β-unsaturated/α-hetero) is 1. The summed E-state index contributed by atoms with van der Waals surface area (Å²) in [5, 5.41) is 11.9. The van der Waals surface area contributed by atoms with Crippen LogP contribution in [0.1, 0.15) is 76.8 Å². The molecule has 0 saturated carbocycles. The molecule has 1 fully saturated rings. The molecule has 0 aromatic heterocycles. The van der Waals surface area contributed by atoms with E-state index in [1.807, 2.05) is 0 Å². The predicted octanol–water partition coefficient (Wildman–Crippen LogP) is 4.46. The highest BCUT2D eigenvalue weighted by atomic mass is 32.2. The topological polar surface area (TPSA) is 407 Å². The van der Waals surface area contributed by atoms with Gasteiger partial charge in [-0.15, -0.1) is 5.06 Å². The summed E-state index contributed by atoms with van der Waals surface area (Å²) in [6, 6.07) is 8.42. The number of ketones is 1. The van der Waals surface area contributed by atoms with Gasteiger partial charge < -0.3 is 29.1 Å². The normalized spacial score (nSPS) is 20.6. The van der Waals surface area contributed by atoms with E-state index < -0.39 is 123 Å². The molecule has 6 N–H and O–H groups in total. The van der Waals surface area contributed by atoms with Gasteiger partial charge in [0.1, 0.15) is 22.1 Å². The van der Waals surface area contributed by atoms with E-state index in [0.717, 1.165) is 12.1 Å². The standard InChI is InChI=1S/C52H57N3O24S5/c1-5-53-38-11-9-32-34(24-30(81(64,65)66)26-40(32)83(70,71)72)47(38)51(2,15-7-23-80(61,62)63)42(53)28-36-49(59)37(50(36)60)29-43-52(3,16-18-77-21-22-78-20-19-76-4)48-35-25-31(82(67,68)69)27-41(84(73,74)75)33(35)10-12-39(48)54(43)17-6-8-46(58)79-55-44(56)13-14-45(55)57/h9-12,24-29H,5-8,13-23H2,1-4H3,(H5-,59,60,61,62,63,64,65,66,67,68,69,70,71,72,73,74,75)/p+1. The van der Waals surface area contributed by atoms with Crippen molar-refractivity contribution in [1.29, 1.82) is 0 Å². The number of aliphatic hydroxyl groups excluding tert-OH is 1. The first-order chi connectivity index (χ1) is 39.1. The van der Waals surface area contributed by atoms with Crippen molar-refractivity contribution >= 4 is 113 Å². The van der Waals surface area contributed by atoms with Gasteiger partial charge in [-0.2, -0.15) is 46.7 Å². The van der Waals surface area contributed by atoms with Crippen LogP contribution in [0.5, 0.6) is 0 Å². The van der Waals surface area contributed by atoms with Gasteiger partial charge in [-0.05, 0) is 105 Å². The lowest BCUT2D eigenvalue weighted by molar-refractivity contribution is -0.433. The van der Waals surface area contributed by atoms with Crippen LogP contribution in [0.25, 0.3) is 21.5 Å². The van der Waals surface area contributed by atoms with Crippen LogP contribution >= 0.6 is 0 Å². The fraction of sp³-hybridized carbons (Fsp3) is 0.404. The number of rotatable bonds is 25. The second-order valence-electron chi connectivity index (χ2n) is 20.5. The maximum Gasteiger partial charge on any atom is 0.333 e. The number of hydrogen-bond donors (Lipinski definition) is 6. The molecule has 1 saturated heterocycles. The Morgan fingerprint density at radius 2 is 1.21 bits per heavy atom. The molecule has 3 aliphatic heterocycles. The molecule has 8 rings (SSSR count). The number of imide groups is 1. The lowest BCUT2D eigenvalue weighted by Crippen LogP contribution is -2.35. The number of hydroxylamine groups is 2. The van der Waals surface area contributed by atoms with E-state index in [0.29, 0.717) is 17.2 Å². The van der Waals surface area contributed by atoms with Gasteiger partial charge in [0.05, 0.1) is 58.5 Å². The first kappa shape index (κ1) is 63.6. The third-order valence-electron chi connectivity index (χ3n) is 15.1. The Balaban J connectivity index is 1.32. The van der Waals surface area contributed by atoms with Crippen molar-refractivity contribution in [3.8, 4) is 0 Å². The van der Waals surface area contributed by atoms with Gasteiger partial charge in [-0.1, -0.05) is 6.07 Å². The monoisotopic (exact) mass is 1270 g/mol. The Bertz CT molecular complexity index is 4200. The third kappa shape index (κ3) is 12.5. The fourth-order valence-electron chi connectivity index (χ4n) is 11.3. The molecule has 4 aliphatic rings. The number of carbonyl (C=O) groups excluding carboxylic acids is 4. The lowest BCUT2D eigenvalue weighted by Gasteiger charge is -2.32. The van der Waals surface area contributed by atoms with Crippen molar-refractivity contribution in [3.05, 3.63) is 94.4 Å². The van der Waals surface area contributed by atoms with Gasteiger partial charge in [-0.25, -0.2) is 4.79 Å². The van der Waals surface area contributed by atoms with E-state index in [4.69, 9.17) is 19.0 Å². The number of ether oxygens (including phenoxy) is 3. The number of nitrogens with zero attached hydrogens (tertiary/aromatic N) is 3. The highest BCUT2D eigenvalue weighted by Gasteiger charge is 2.52. The first-order valence-corrected chi connectivity index (χ1v) is 33.1. The summed E-state index contributed by atoms with van der Waals surface area (Å²) >= 11 is 0. The molecule has 3 heterocycles. The molecule has 2 unspecified atom stereocenters. The molecule has 0 spiro atoms. The predicted molar refractivity (Wildman–Crippen MR) is 296 cm³/mol. The Labute approximate surface area is 482 Å². The van der Waals surface area contributed by atoms with E-state index in [2.05, 4.69) is 0 Å². The second kappa shape index (κ2) is 23.5. The van der Waals surface area contributed by atoms with Crippen LogP contribution in [0.15, 0.2) is 103 Å². The molecule has 0 radical (unpaired) electrons. The Morgan fingerprint density at radius 1 is 0.667 bits per heavy atom. The molecular formula is C52H58N3O24S5+. The number of amides is 2. The Kier molecular flexibility index (Phi) is 17.8. The average molecular weight is 1270 g/mol. The summed E-state index contributed by atoms with van der Waals surface area (Å²) in [5.74, 6) is -4.75. The summed E-state index contributed by atoms with van der Waals surface area (Å²) in [4.78, 5) is 55.6. The van der Waals surface area contributed by atoms with Gasteiger partial charge in [-0.3, -0.25) is 37.1 Å². The molecule has 4 aromatic rings. The van der Waals surface area contributed by atoms with Crippen LogP contribution in [0.4, 0.5) is 11.4 Å². The molecule has 2 atom stereocenters. The van der Waals surface area contributed by atoms with Crippen molar-refractivity contribution < 1.29 is 113 Å². The smallest absolute Gasteiger partial charge is 0.333 e. The van der Waals surface area contributed by atoms with Gasteiger partial charge in [0, 0.05) is 84.8 Å². The van der Waals surface area contributed by atoms with Gasteiger partial charge in [0.15, 0.2) is 5.71 Å². The van der Waals surface area contributed by atoms with Crippen molar-refractivity contribution in [2.45, 2.75) is 96.1 Å². The summed E-state index contributed by atoms with van der Waals surface area (Å²) in [5.41, 5.74) is -2.74. The van der Waals surface area contributed by atoms with E-state index in [1.165, 1.54) is 43.5 Å². The average Bonchev–Trinajstić information content (AvgIpc) is 1.60. The minimum atomic E-state index is -5.24. The van der Waals surface area contributed by atoms with Crippen molar-refractivity contribution in [3.63, 3.8) is 0 Å². The number of hydrogen-bond acceptors (Lipinski definition) is 20.